The first-order valence-corrected chi connectivity index (χ1v) is 8.71. The molecular formula is C12H12KN2O6S2+. The molecule has 8 nitrogen and oxygen atoms in total. The monoisotopic (exact) mass is 383 g/mol. The van der Waals surface area contributed by atoms with Gasteiger partial charge in [-0.05, 0) is 48.5 Å². The molecule has 118 valence electrons. The summed E-state index contributed by atoms with van der Waals surface area (Å²) in [5.41, 5.74) is 6.56. The third kappa shape index (κ3) is 6.13. The molecule has 2 aromatic rings. The van der Waals surface area contributed by atoms with Crippen molar-refractivity contribution >= 4 is 31.6 Å². The maximum absolute atomic E-state index is 10.9. The first kappa shape index (κ1) is 20.5. The molecule has 0 aliphatic rings. The summed E-state index contributed by atoms with van der Waals surface area (Å²) in [5, 5.41) is 0. The van der Waals surface area contributed by atoms with E-state index in [9.17, 15) is 16.8 Å². The second-order valence-corrected chi connectivity index (χ2v) is 7.09. The Morgan fingerprint density at radius 2 is 0.870 bits per heavy atom. The first-order valence-electron chi connectivity index (χ1n) is 5.83. The Morgan fingerprint density at radius 1 is 0.609 bits per heavy atom. The molecule has 0 atom stereocenters. The van der Waals surface area contributed by atoms with Gasteiger partial charge < -0.3 is 10.9 Å². The molecule has 0 saturated carbocycles. The molecule has 0 radical (unpaired) electrons. The molecule has 0 fully saturated rings. The summed E-state index contributed by atoms with van der Waals surface area (Å²) < 4.78 is 61.2. The van der Waals surface area contributed by atoms with Gasteiger partial charge >= 0.3 is 51.4 Å². The van der Waals surface area contributed by atoms with Gasteiger partial charge in [-0.25, -0.2) is 0 Å². The largest absolute Gasteiger partial charge is 1.00 e. The third-order valence-corrected chi connectivity index (χ3v) is 4.39. The predicted octanol–water partition coefficient (Wildman–Crippen LogP) is -1.38. The topological polar surface area (TPSA) is 133 Å². The van der Waals surface area contributed by atoms with Gasteiger partial charge in [-0.1, -0.05) is 0 Å². The minimum Gasteiger partial charge on any atom is -0.301 e. The minimum atomic E-state index is -4.23. The number of nitrogens with one attached hydrogen (secondary N) is 2. The van der Waals surface area contributed by atoms with Crippen molar-refractivity contribution in [2.75, 3.05) is 10.9 Å². The third-order valence-electron chi connectivity index (χ3n) is 2.66. The van der Waals surface area contributed by atoms with E-state index < -0.39 is 20.2 Å². The summed E-state index contributed by atoms with van der Waals surface area (Å²) >= 11 is 0. The van der Waals surface area contributed by atoms with Gasteiger partial charge in [-0.3, -0.25) is 9.11 Å². The second kappa shape index (κ2) is 8.05. The van der Waals surface area contributed by atoms with Crippen molar-refractivity contribution in [2.24, 2.45) is 0 Å². The van der Waals surface area contributed by atoms with Crippen molar-refractivity contribution in [2.45, 2.75) is 9.79 Å². The molecule has 23 heavy (non-hydrogen) atoms. The number of rotatable bonds is 5. The van der Waals surface area contributed by atoms with Crippen molar-refractivity contribution in [3.63, 3.8) is 0 Å². The van der Waals surface area contributed by atoms with Crippen LogP contribution in [-0.2, 0) is 20.2 Å². The van der Waals surface area contributed by atoms with Crippen LogP contribution < -0.4 is 62.2 Å². The molecule has 11 heteroatoms. The maximum Gasteiger partial charge on any atom is 1.00 e. The zero-order chi connectivity index (χ0) is 16.4. The van der Waals surface area contributed by atoms with Gasteiger partial charge in [0.25, 0.3) is 20.2 Å². The maximum atomic E-state index is 10.9. The summed E-state index contributed by atoms with van der Waals surface area (Å²) in [6.45, 7) is 0. The van der Waals surface area contributed by atoms with Crippen LogP contribution in [0.15, 0.2) is 58.3 Å². The molecule has 0 aromatic heterocycles. The molecule has 2 rings (SSSR count). The van der Waals surface area contributed by atoms with Gasteiger partial charge in [-0.2, -0.15) is 16.8 Å². The normalized spacial score (nSPS) is 11.4. The standard InChI is InChI=1S/C12H12N2O6S2.K/c15-21(16,17)11-5-1-9(2-6-11)13-14-10-3-7-12(8-4-10)22(18,19)20;/h1-8,13-14H,(H,15,16,17)(H,18,19,20);/q;+1. The average molecular weight is 383 g/mol. The fourth-order valence-corrected chi connectivity index (χ4v) is 2.52. The minimum absolute atomic E-state index is 0. The Balaban J connectivity index is 0.00000264. The van der Waals surface area contributed by atoms with E-state index in [2.05, 4.69) is 10.9 Å². The molecule has 0 amide bonds. The Morgan fingerprint density at radius 3 is 1.09 bits per heavy atom. The van der Waals surface area contributed by atoms with Crippen LogP contribution >= 0.6 is 0 Å². The molecular weight excluding hydrogens is 371 g/mol. The number of hydrogen-bond acceptors (Lipinski definition) is 6. The predicted molar refractivity (Wildman–Crippen MR) is 79.8 cm³/mol. The van der Waals surface area contributed by atoms with E-state index in [1.54, 1.807) is 0 Å². The van der Waals surface area contributed by atoms with Crippen molar-refractivity contribution in [1.29, 1.82) is 0 Å². The molecule has 0 spiro atoms. The number of hydrazine groups is 1. The van der Waals surface area contributed by atoms with Crippen LogP contribution in [0, 0.1) is 0 Å². The Kier molecular flexibility index (Phi) is 7.19. The van der Waals surface area contributed by atoms with Crippen LogP contribution in [0.25, 0.3) is 0 Å². The molecule has 0 bridgehead atoms. The Bertz CT molecular complexity index is 789. The van der Waals surface area contributed by atoms with Crippen LogP contribution in [0.1, 0.15) is 0 Å². The van der Waals surface area contributed by atoms with Crippen LogP contribution in [0.3, 0.4) is 0 Å². The summed E-state index contributed by atoms with van der Waals surface area (Å²) in [7, 11) is -8.47. The zero-order valence-corrected chi connectivity index (χ0v) is 16.7. The van der Waals surface area contributed by atoms with Crippen molar-refractivity contribution in [1.82, 2.24) is 0 Å². The van der Waals surface area contributed by atoms with E-state index in [1.165, 1.54) is 48.5 Å². The van der Waals surface area contributed by atoms with E-state index >= 15 is 0 Å². The zero-order valence-electron chi connectivity index (χ0n) is 12.0. The van der Waals surface area contributed by atoms with Gasteiger partial charge in [0.2, 0.25) is 0 Å². The van der Waals surface area contributed by atoms with Crippen LogP contribution in [0.2, 0.25) is 0 Å². The Labute approximate surface area is 176 Å². The van der Waals surface area contributed by atoms with Gasteiger partial charge in [-0.15, -0.1) is 0 Å². The molecule has 0 saturated heterocycles. The fourth-order valence-electron chi connectivity index (χ4n) is 1.56. The number of hydrogen-bond donors (Lipinski definition) is 4. The summed E-state index contributed by atoms with van der Waals surface area (Å²) in [4.78, 5) is -0.453. The molecule has 0 heterocycles. The summed E-state index contributed by atoms with van der Waals surface area (Å²) in [6.07, 6.45) is 0. The van der Waals surface area contributed by atoms with Crippen molar-refractivity contribution < 1.29 is 77.3 Å². The van der Waals surface area contributed by atoms with Crippen molar-refractivity contribution in [3.05, 3.63) is 48.5 Å². The van der Waals surface area contributed by atoms with Crippen molar-refractivity contribution in [3.8, 4) is 0 Å². The van der Waals surface area contributed by atoms with Gasteiger partial charge in [0, 0.05) is 0 Å². The molecule has 2 aromatic carbocycles. The van der Waals surface area contributed by atoms with E-state index in [4.69, 9.17) is 9.11 Å². The molecule has 0 unspecified atom stereocenters. The van der Waals surface area contributed by atoms with Gasteiger partial charge in [0.05, 0.1) is 21.2 Å². The van der Waals surface area contributed by atoms with Gasteiger partial charge in [0.15, 0.2) is 0 Å². The van der Waals surface area contributed by atoms with Crippen LogP contribution in [-0.4, -0.2) is 25.9 Å². The van der Waals surface area contributed by atoms with E-state index in [0.717, 1.165) is 0 Å². The SMILES string of the molecule is O=S(=O)(O)c1ccc(NNc2ccc(S(=O)(=O)O)cc2)cc1.[K+]. The fraction of sp³-hybridized carbons (Fsp3) is 0. The molecule has 0 aliphatic carbocycles. The van der Waals surface area contributed by atoms with E-state index in [-0.39, 0.29) is 61.2 Å². The molecule has 0 aliphatic heterocycles. The number of benzene rings is 2. The van der Waals surface area contributed by atoms with Crippen LogP contribution in [0.4, 0.5) is 11.4 Å². The smallest absolute Gasteiger partial charge is 0.301 e. The molecule has 4 N–H and O–H groups in total. The summed E-state index contributed by atoms with van der Waals surface area (Å²) in [6, 6.07) is 10.6. The van der Waals surface area contributed by atoms with E-state index in [1.807, 2.05) is 0 Å². The number of anilines is 2. The van der Waals surface area contributed by atoms with Crippen LogP contribution in [0.5, 0.6) is 0 Å². The summed E-state index contributed by atoms with van der Waals surface area (Å²) in [5.74, 6) is 0. The second-order valence-electron chi connectivity index (χ2n) is 4.25. The first-order chi connectivity index (χ1) is 10.2. The quantitative estimate of drug-likeness (QED) is 0.282. The Hall–Kier alpha value is -0.504. The average Bonchev–Trinajstić information content (AvgIpc) is 2.44. The van der Waals surface area contributed by atoms with Gasteiger partial charge in [0.1, 0.15) is 0 Å². The van der Waals surface area contributed by atoms with E-state index in [0.29, 0.717) is 11.4 Å².